The Hall–Kier alpha value is -3.52. The van der Waals surface area contributed by atoms with Gasteiger partial charge in [0.25, 0.3) is 5.56 Å². The molecule has 31 heavy (non-hydrogen) atoms. The molecule has 2 aromatic carbocycles. The Balaban J connectivity index is 2.08. The number of nitrogens with zero attached hydrogens (tertiary/aromatic N) is 1. The number of hydrogen-bond acceptors (Lipinski definition) is 7. The number of esters is 1. The molecule has 0 atom stereocenters. The topological polar surface area (TPSA) is 99.7 Å². The predicted molar refractivity (Wildman–Crippen MR) is 118 cm³/mol. The van der Waals surface area contributed by atoms with E-state index in [1.807, 2.05) is 6.92 Å². The summed E-state index contributed by atoms with van der Waals surface area (Å²) >= 11 is 6.46. The number of carbonyl (C=O) groups is 1. The van der Waals surface area contributed by atoms with E-state index in [-0.39, 0.29) is 22.0 Å². The van der Waals surface area contributed by atoms with Crippen molar-refractivity contribution in [2.75, 3.05) is 27.9 Å². The lowest BCUT2D eigenvalue weighted by Gasteiger charge is -2.14. The molecule has 0 spiro atoms. The molecule has 0 saturated heterocycles. The fourth-order valence-electron chi connectivity index (χ4n) is 2.98. The summed E-state index contributed by atoms with van der Waals surface area (Å²) in [5, 5.41) is 0.501. The zero-order valence-electron chi connectivity index (χ0n) is 17.4. The molecule has 0 saturated carbocycles. The van der Waals surface area contributed by atoms with Crippen molar-refractivity contribution >= 4 is 39.6 Å². The molecule has 0 aliphatic rings. The van der Waals surface area contributed by atoms with Gasteiger partial charge in [-0.05, 0) is 48.9 Å². The second-order valence-corrected chi connectivity index (χ2v) is 6.73. The van der Waals surface area contributed by atoms with Gasteiger partial charge in [-0.1, -0.05) is 11.6 Å². The van der Waals surface area contributed by atoms with Gasteiger partial charge >= 0.3 is 5.97 Å². The molecule has 0 aliphatic carbocycles. The zero-order valence-corrected chi connectivity index (χ0v) is 18.2. The standard InChI is InChI=1S/C22H21ClN2O6/c1-5-31-19-17(28-2)9-12(10-18(19)29-3)8-15(23)20-24-16-11-13(22(27)30-4)6-7-14(16)21(26)25-20/h6-11H,5H2,1-4H3,(H,24,25,26)/b15-8+. The first kappa shape index (κ1) is 22.2. The number of methoxy groups -OCH3 is 3. The third kappa shape index (κ3) is 4.64. The van der Waals surface area contributed by atoms with Crippen LogP contribution in [0.3, 0.4) is 0 Å². The number of carbonyl (C=O) groups excluding carboxylic acids is 1. The number of aromatic amines is 1. The third-order valence-electron chi connectivity index (χ3n) is 4.42. The molecular weight excluding hydrogens is 424 g/mol. The van der Waals surface area contributed by atoms with Crippen LogP contribution < -0.4 is 19.8 Å². The molecular formula is C22H21ClN2O6. The summed E-state index contributed by atoms with van der Waals surface area (Å²) in [6.45, 7) is 2.30. The van der Waals surface area contributed by atoms with Crippen LogP contribution in [0.2, 0.25) is 0 Å². The van der Waals surface area contributed by atoms with E-state index < -0.39 is 5.97 Å². The smallest absolute Gasteiger partial charge is 0.337 e. The molecule has 0 fully saturated rings. The number of halogens is 1. The van der Waals surface area contributed by atoms with Crippen molar-refractivity contribution in [2.45, 2.75) is 6.92 Å². The Morgan fingerprint density at radius 3 is 2.39 bits per heavy atom. The lowest BCUT2D eigenvalue weighted by molar-refractivity contribution is 0.0601. The van der Waals surface area contributed by atoms with Crippen molar-refractivity contribution < 1.29 is 23.7 Å². The molecule has 0 radical (unpaired) electrons. The second-order valence-electron chi connectivity index (χ2n) is 6.32. The largest absolute Gasteiger partial charge is 0.493 e. The monoisotopic (exact) mass is 444 g/mol. The van der Waals surface area contributed by atoms with Gasteiger partial charge < -0.3 is 23.9 Å². The Morgan fingerprint density at radius 2 is 1.81 bits per heavy atom. The van der Waals surface area contributed by atoms with E-state index in [2.05, 4.69) is 9.97 Å². The minimum absolute atomic E-state index is 0.146. The van der Waals surface area contributed by atoms with Crippen molar-refractivity contribution in [1.29, 1.82) is 0 Å². The molecule has 0 amide bonds. The SMILES string of the molecule is CCOc1c(OC)cc(/C=C(/Cl)c2nc3cc(C(=O)OC)ccc3c(=O)[nH]2)cc1OC. The predicted octanol–water partition coefficient (Wildman–Crippen LogP) is 3.86. The van der Waals surface area contributed by atoms with Gasteiger partial charge in [0, 0.05) is 0 Å². The molecule has 1 aromatic heterocycles. The summed E-state index contributed by atoms with van der Waals surface area (Å²) in [7, 11) is 4.32. The van der Waals surface area contributed by atoms with Crippen molar-refractivity contribution in [2.24, 2.45) is 0 Å². The first-order valence-corrected chi connectivity index (χ1v) is 9.68. The molecule has 1 heterocycles. The Morgan fingerprint density at radius 1 is 1.13 bits per heavy atom. The van der Waals surface area contributed by atoms with Crippen LogP contribution in [0, 0.1) is 0 Å². The molecule has 1 N–H and O–H groups in total. The average Bonchev–Trinajstić information content (AvgIpc) is 2.78. The Kier molecular flexibility index (Phi) is 6.81. The molecule has 9 heteroatoms. The number of aromatic nitrogens is 2. The maximum absolute atomic E-state index is 12.5. The van der Waals surface area contributed by atoms with Crippen molar-refractivity contribution in [3.8, 4) is 17.2 Å². The zero-order chi connectivity index (χ0) is 22.5. The lowest BCUT2D eigenvalue weighted by atomic mass is 10.1. The van der Waals surface area contributed by atoms with E-state index in [0.717, 1.165) is 0 Å². The minimum atomic E-state index is -0.527. The summed E-state index contributed by atoms with van der Waals surface area (Å²) in [4.78, 5) is 31.3. The highest BCUT2D eigenvalue weighted by molar-refractivity contribution is 6.50. The number of hydrogen-bond donors (Lipinski definition) is 1. The van der Waals surface area contributed by atoms with Crippen molar-refractivity contribution in [3.05, 3.63) is 57.6 Å². The number of rotatable bonds is 7. The molecule has 162 valence electrons. The highest BCUT2D eigenvalue weighted by Gasteiger charge is 2.15. The van der Waals surface area contributed by atoms with Crippen LogP contribution in [-0.2, 0) is 4.74 Å². The number of H-pyrrole nitrogens is 1. The van der Waals surface area contributed by atoms with Crippen LogP contribution >= 0.6 is 11.6 Å². The summed E-state index contributed by atoms with van der Waals surface area (Å²) in [5.41, 5.74) is 0.855. The van der Waals surface area contributed by atoms with Gasteiger partial charge in [-0.25, -0.2) is 9.78 Å². The van der Waals surface area contributed by atoms with E-state index in [1.54, 1.807) is 18.2 Å². The van der Waals surface area contributed by atoms with Crippen molar-refractivity contribution in [1.82, 2.24) is 9.97 Å². The molecule has 8 nitrogen and oxygen atoms in total. The maximum Gasteiger partial charge on any atom is 0.337 e. The van der Waals surface area contributed by atoms with Crippen LogP contribution in [0.25, 0.3) is 22.0 Å². The van der Waals surface area contributed by atoms with E-state index in [1.165, 1.54) is 39.5 Å². The van der Waals surface area contributed by atoms with Gasteiger partial charge in [0.2, 0.25) is 5.75 Å². The van der Waals surface area contributed by atoms with Crippen molar-refractivity contribution in [3.63, 3.8) is 0 Å². The van der Waals surface area contributed by atoms with Crippen LogP contribution in [0.1, 0.15) is 28.7 Å². The van der Waals surface area contributed by atoms with Gasteiger partial charge in [0.1, 0.15) is 0 Å². The minimum Gasteiger partial charge on any atom is -0.493 e. The molecule has 0 aliphatic heterocycles. The highest BCUT2D eigenvalue weighted by atomic mass is 35.5. The third-order valence-corrected chi connectivity index (χ3v) is 4.71. The maximum atomic E-state index is 12.5. The fourth-order valence-corrected chi connectivity index (χ4v) is 3.20. The quantitative estimate of drug-likeness (QED) is 0.552. The normalized spacial score (nSPS) is 11.3. The Bertz CT molecular complexity index is 1190. The molecule has 3 rings (SSSR count). The summed E-state index contributed by atoms with van der Waals surface area (Å²) < 4.78 is 21.1. The first-order chi connectivity index (χ1) is 14.9. The number of nitrogens with one attached hydrogen (secondary N) is 1. The number of benzene rings is 2. The van der Waals surface area contributed by atoms with Gasteiger partial charge in [-0.15, -0.1) is 0 Å². The van der Waals surface area contributed by atoms with E-state index in [9.17, 15) is 9.59 Å². The van der Waals surface area contributed by atoms with Gasteiger partial charge in [-0.3, -0.25) is 4.79 Å². The van der Waals surface area contributed by atoms with Gasteiger partial charge in [0.05, 0.1) is 49.4 Å². The van der Waals surface area contributed by atoms with E-state index >= 15 is 0 Å². The van der Waals surface area contributed by atoms with Crippen LogP contribution in [-0.4, -0.2) is 43.9 Å². The molecule has 3 aromatic rings. The highest BCUT2D eigenvalue weighted by Crippen LogP contribution is 2.39. The van der Waals surface area contributed by atoms with E-state index in [4.69, 9.17) is 30.5 Å². The summed E-state index contributed by atoms with van der Waals surface area (Å²) in [6.07, 6.45) is 1.61. The van der Waals surface area contributed by atoms with Crippen LogP contribution in [0.4, 0.5) is 0 Å². The Labute approximate surface area is 183 Å². The molecule has 0 unspecified atom stereocenters. The van der Waals surface area contributed by atoms with Crippen LogP contribution in [0.15, 0.2) is 35.1 Å². The van der Waals surface area contributed by atoms with Crippen LogP contribution in [0.5, 0.6) is 17.2 Å². The second kappa shape index (κ2) is 9.53. The van der Waals surface area contributed by atoms with E-state index in [0.29, 0.717) is 40.3 Å². The average molecular weight is 445 g/mol. The molecule has 0 bridgehead atoms. The van der Waals surface area contributed by atoms with Gasteiger partial charge in [0.15, 0.2) is 17.3 Å². The number of fused-ring (bicyclic) bond motifs is 1. The fraction of sp³-hybridized carbons (Fsp3) is 0.227. The summed E-state index contributed by atoms with van der Waals surface area (Å²) in [6, 6.07) is 7.94. The first-order valence-electron chi connectivity index (χ1n) is 9.30. The van der Waals surface area contributed by atoms with Gasteiger partial charge in [-0.2, -0.15) is 0 Å². The lowest BCUT2D eigenvalue weighted by Crippen LogP contribution is -2.11. The number of ether oxygens (including phenoxy) is 4. The summed E-state index contributed by atoms with van der Waals surface area (Å²) in [5.74, 6) is 1.04.